The lowest BCUT2D eigenvalue weighted by Gasteiger charge is -2.18. The fourth-order valence-electron chi connectivity index (χ4n) is 0.971. The first-order valence-corrected chi connectivity index (χ1v) is 3.03. The van der Waals surface area contributed by atoms with E-state index in [1.807, 2.05) is 0 Å². The van der Waals surface area contributed by atoms with Gasteiger partial charge >= 0.3 is 0 Å². The van der Waals surface area contributed by atoms with Crippen LogP contribution in [0, 0.1) is 0 Å². The van der Waals surface area contributed by atoms with Crippen LogP contribution in [-0.4, -0.2) is 50.0 Å². The van der Waals surface area contributed by atoms with E-state index in [-0.39, 0.29) is 0 Å². The zero-order chi connectivity index (χ0) is 8.65. The van der Waals surface area contributed by atoms with Crippen molar-refractivity contribution >= 4 is 5.91 Å². The quantitative estimate of drug-likeness (QED) is 0.312. The van der Waals surface area contributed by atoms with Crippen molar-refractivity contribution in [3.63, 3.8) is 0 Å². The third-order valence-electron chi connectivity index (χ3n) is 1.46. The molecule has 0 unspecified atom stereocenters. The fraction of sp³-hybridized carbons (Fsp3) is 0.800. The van der Waals surface area contributed by atoms with Gasteiger partial charge in [0.25, 0.3) is 0 Å². The predicted molar refractivity (Wildman–Crippen MR) is 31.7 cm³/mol. The highest BCUT2D eigenvalue weighted by Crippen LogP contribution is 2.19. The minimum Gasteiger partial charge on any atom is -0.364 e. The molecule has 64 valence electrons. The lowest BCUT2D eigenvalue weighted by molar-refractivity contribution is -0.188. The minimum absolute atomic E-state index is 0.469. The van der Waals surface area contributed by atoms with Crippen LogP contribution in [-0.2, 0) is 4.79 Å². The van der Waals surface area contributed by atoms with Crippen molar-refractivity contribution in [2.45, 2.75) is 18.6 Å². The molecule has 0 atom stereocenters. The van der Waals surface area contributed by atoms with E-state index in [0.29, 0.717) is 4.90 Å². The average Bonchev–Trinajstić information content (AvgIpc) is 2.05. The first kappa shape index (κ1) is 8.41. The van der Waals surface area contributed by atoms with Crippen molar-refractivity contribution < 1.29 is 25.2 Å². The molecule has 1 aliphatic rings. The first-order valence-electron chi connectivity index (χ1n) is 3.03. The first-order chi connectivity index (χ1) is 4.92. The Morgan fingerprint density at radius 3 is 2.18 bits per heavy atom. The zero-order valence-corrected chi connectivity index (χ0v) is 5.64. The Morgan fingerprint density at radius 2 is 2.00 bits per heavy atom. The summed E-state index contributed by atoms with van der Waals surface area (Å²) in [5.41, 5.74) is 0. The number of aliphatic hydroxyl groups excluding tert-OH is 1. The smallest absolute Gasteiger partial charge is 0.237 e. The Morgan fingerprint density at radius 1 is 1.45 bits per heavy atom. The van der Waals surface area contributed by atoms with Crippen LogP contribution in [0.2, 0.25) is 0 Å². The molecule has 0 saturated carbocycles. The largest absolute Gasteiger partial charge is 0.364 e. The van der Waals surface area contributed by atoms with E-state index in [1.54, 1.807) is 0 Å². The number of carbonyl (C=O) groups is 1. The summed E-state index contributed by atoms with van der Waals surface area (Å²) < 4.78 is 0. The topological polar surface area (TPSA) is 101 Å². The Balaban J connectivity index is 2.67. The van der Waals surface area contributed by atoms with Crippen molar-refractivity contribution in [1.82, 2.24) is 4.90 Å². The molecular formula is C5H9NO5. The van der Waals surface area contributed by atoms with Crippen molar-refractivity contribution in [2.24, 2.45) is 0 Å². The molecule has 1 heterocycles. The van der Waals surface area contributed by atoms with Crippen LogP contribution in [0.4, 0.5) is 0 Å². The summed E-state index contributed by atoms with van der Waals surface area (Å²) in [7, 11) is 0. The van der Waals surface area contributed by atoms with Crippen molar-refractivity contribution in [3.05, 3.63) is 0 Å². The van der Waals surface area contributed by atoms with Gasteiger partial charge in [0.1, 0.15) is 0 Å². The van der Waals surface area contributed by atoms with Gasteiger partial charge in [-0.1, -0.05) is 0 Å². The van der Waals surface area contributed by atoms with Crippen LogP contribution in [0.5, 0.6) is 0 Å². The predicted octanol–water partition coefficient (Wildman–Crippen LogP) is -2.83. The Hall–Kier alpha value is -0.690. The van der Waals surface area contributed by atoms with Crippen LogP contribution < -0.4 is 0 Å². The molecule has 0 spiro atoms. The monoisotopic (exact) mass is 163 g/mol. The second-order valence-electron chi connectivity index (χ2n) is 2.53. The molecule has 1 rings (SSSR count). The van der Waals surface area contributed by atoms with Gasteiger partial charge in [-0.2, -0.15) is 0 Å². The maximum absolute atomic E-state index is 10.7. The zero-order valence-electron chi connectivity index (χ0n) is 5.64. The maximum atomic E-state index is 10.7. The highest BCUT2D eigenvalue weighted by atomic mass is 16.5. The van der Waals surface area contributed by atoms with E-state index in [4.69, 9.17) is 20.4 Å². The molecule has 1 saturated heterocycles. The number of aliphatic hydroxyl groups is 4. The summed E-state index contributed by atoms with van der Waals surface area (Å²) in [5.74, 6) is -2.81. The minimum atomic E-state index is -2.12. The summed E-state index contributed by atoms with van der Waals surface area (Å²) in [6, 6.07) is 0. The number of nitrogens with zero attached hydrogens (tertiary/aromatic N) is 1. The molecular weight excluding hydrogens is 154 g/mol. The van der Waals surface area contributed by atoms with E-state index < -0.39 is 31.1 Å². The summed E-state index contributed by atoms with van der Waals surface area (Å²) in [5, 5.41) is 34.7. The summed E-state index contributed by atoms with van der Waals surface area (Å²) in [6.07, 6.45) is -2.45. The summed E-state index contributed by atoms with van der Waals surface area (Å²) >= 11 is 0. The molecule has 6 nitrogen and oxygen atoms in total. The lowest BCUT2D eigenvalue weighted by atomic mass is 10.2. The lowest BCUT2D eigenvalue weighted by Crippen LogP contribution is -2.39. The standard InChI is InChI=1S/C5H9NO5/c7-3-1-5(10,11)2-6(3)4(8)9/h4,8-11H,1-2H2. The van der Waals surface area contributed by atoms with Gasteiger partial charge in [0.15, 0.2) is 5.79 Å². The van der Waals surface area contributed by atoms with E-state index in [1.165, 1.54) is 0 Å². The number of β-amino-alcohol motifs (C(OH)–C–C–N with tert-alkyl or cyclic N) is 2. The summed E-state index contributed by atoms with van der Waals surface area (Å²) in [6.45, 7) is -0.469. The molecule has 0 radical (unpaired) electrons. The number of carbonyl (C=O) groups excluding carboxylic acids is 1. The molecule has 1 fully saturated rings. The molecule has 0 aromatic carbocycles. The molecule has 1 amide bonds. The van der Waals surface area contributed by atoms with Crippen LogP contribution >= 0.6 is 0 Å². The van der Waals surface area contributed by atoms with Gasteiger partial charge < -0.3 is 20.4 Å². The molecule has 0 aromatic heterocycles. The average molecular weight is 163 g/mol. The van der Waals surface area contributed by atoms with Gasteiger partial charge in [-0.25, -0.2) is 0 Å². The van der Waals surface area contributed by atoms with Gasteiger partial charge in [0.05, 0.1) is 13.0 Å². The number of rotatable bonds is 1. The van der Waals surface area contributed by atoms with Gasteiger partial charge in [-0.15, -0.1) is 0 Å². The van der Waals surface area contributed by atoms with Crippen LogP contribution in [0.25, 0.3) is 0 Å². The molecule has 0 bridgehead atoms. The third-order valence-corrected chi connectivity index (χ3v) is 1.46. The van der Waals surface area contributed by atoms with Gasteiger partial charge in [-0.05, 0) is 0 Å². The SMILES string of the molecule is O=C1CC(O)(O)CN1C(O)O. The van der Waals surface area contributed by atoms with Gasteiger partial charge in [-0.3, -0.25) is 9.69 Å². The molecule has 1 aliphatic heterocycles. The second-order valence-corrected chi connectivity index (χ2v) is 2.53. The molecule has 6 heteroatoms. The number of hydrogen-bond donors (Lipinski definition) is 4. The van der Waals surface area contributed by atoms with E-state index in [9.17, 15) is 4.79 Å². The maximum Gasteiger partial charge on any atom is 0.237 e. The molecule has 0 aromatic rings. The van der Waals surface area contributed by atoms with Crippen molar-refractivity contribution in [1.29, 1.82) is 0 Å². The normalized spacial score (nSPS) is 23.4. The second kappa shape index (κ2) is 2.42. The number of hydrogen-bond acceptors (Lipinski definition) is 5. The van der Waals surface area contributed by atoms with E-state index >= 15 is 0 Å². The Bertz CT molecular complexity index is 178. The highest BCUT2D eigenvalue weighted by Gasteiger charge is 2.42. The van der Waals surface area contributed by atoms with Crippen molar-refractivity contribution in [2.75, 3.05) is 6.54 Å². The summed E-state index contributed by atoms with van der Waals surface area (Å²) in [4.78, 5) is 11.3. The van der Waals surface area contributed by atoms with Crippen LogP contribution in [0.3, 0.4) is 0 Å². The third kappa shape index (κ3) is 1.66. The fourth-order valence-corrected chi connectivity index (χ4v) is 0.971. The Labute approximate surface area is 62.3 Å². The molecule has 0 aliphatic carbocycles. The molecule has 4 N–H and O–H groups in total. The van der Waals surface area contributed by atoms with Crippen LogP contribution in [0.1, 0.15) is 6.42 Å². The van der Waals surface area contributed by atoms with Gasteiger partial charge in [0.2, 0.25) is 12.3 Å². The number of amides is 1. The van der Waals surface area contributed by atoms with Crippen LogP contribution in [0.15, 0.2) is 0 Å². The van der Waals surface area contributed by atoms with Crippen molar-refractivity contribution in [3.8, 4) is 0 Å². The van der Waals surface area contributed by atoms with Gasteiger partial charge in [0, 0.05) is 0 Å². The molecule has 11 heavy (non-hydrogen) atoms. The van der Waals surface area contributed by atoms with E-state index in [0.717, 1.165) is 0 Å². The van der Waals surface area contributed by atoms with E-state index in [2.05, 4.69) is 0 Å². The highest BCUT2D eigenvalue weighted by molar-refractivity contribution is 5.79. The number of likely N-dealkylation sites (tertiary alicyclic amines) is 1. The Kier molecular flexibility index (Phi) is 1.85.